The smallest absolute Gasteiger partial charge is 0.462 e. The molecule has 0 radical (unpaired) electrons. The molecule has 19 heteroatoms. The lowest BCUT2D eigenvalue weighted by Crippen LogP contribution is -2.30. The predicted molar refractivity (Wildman–Crippen MR) is 426 cm³/mol. The van der Waals surface area contributed by atoms with Crippen LogP contribution in [0.1, 0.15) is 285 Å². The number of ether oxygens (including phenoxy) is 4. The second-order valence-corrected chi connectivity index (χ2v) is 28.4. The summed E-state index contributed by atoms with van der Waals surface area (Å²) >= 11 is 0. The predicted octanol–water partition coefficient (Wildman–Crippen LogP) is 23.0. The minimum atomic E-state index is -5.00. The number of phosphoric acid groups is 2. The van der Waals surface area contributed by atoms with Crippen LogP contribution in [0.3, 0.4) is 0 Å². The summed E-state index contributed by atoms with van der Waals surface area (Å²) in [6, 6.07) is 0. The third-order valence-electron chi connectivity index (χ3n) is 15.7. The number of hydrogen-bond acceptors (Lipinski definition) is 15. The molecule has 0 bridgehead atoms. The van der Waals surface area contributed by atoms with Crippen LogP contribution in [0.2, 0.25) is 0 Å². The number of esters is 4. The van der Waals surface area contributed by atoms with E-state index in [0.29, 0.717) is 32.1 Å². The van der Waals surface area contributed by atoms with Gasteiger partial charge in [-0.1, -0.05) is 268 Å². The Morgan fingerprint density at radius 1 is 0.279 bits per heavy atom. The zero-order valence-corrected chi connectivity index (χ0v) is 66.2. The minimum Gasteiger partial charge on any atom is -0.462 e. The van der Waals surface area contributed by atoms with Crippen LogP contribution in [-0.4, -0.2) is 96.7 Å². The fraction of sp³-hybridized carbons (Fsp3) is 0.624. The van der Waals surface area contributed by atoms with Gasteiger partial charge in [-0.3, -0.25) is 37.3 Å². The van der Waals surface area contributed by atoms with E-state index in [4.69, 9.17) is 37.0 Å². The Bertz CT molecular complexity index is 2640. The molecular formula is C85H138O17P2. The van der Waals surface area contributed by atoms with Crippen molar-refractivity contribution in [3.05, 3.63) is 170 Å². The lowest BCUT2D eigenvalue weighted by molar-refractivity contribution is -0.161. The quantitative estimate of drug-likeness (QED) is 0.0169. The van der Waals surface area contributed by atoms with Crippen LogP contribution in [0.15, 0.2) is 170 Å². The van der Waals surface area contributed by atoms with Crippen molar-refractivity contribution in [2.24, 2.45) is 0 Å². The lowest BCUT2D eigenvalue weighted by atomic mass is 10.1. The topological polar surface area (TPSA) is 237 Å². The summed E-state index contributed by atoms with van der Waals surface area (Å²) in [5.41, 5.74) is 0. The summed E-state index contributed by atoms with van der Waals surface area (Å²) < 4.78 is 68.5. The first-order valence-corrected chi connectivity index (χ1v) is 42.4. The first-order valence-electron chi connectivity index (χ1n) is 39.4. The van der Waals surface area contributed by atoms with E-state index >= 15 is 0 Å². The number of aliphatic hydroxyl groups is 1. The highest BCUT2D eigenvalue weighted by molar-refractivity contribution is 7.47. The average Bonchev–Trinajstić information content (AvgIpc) is 0.939. The minimum absolute atomic E-state index is 0.0289. The van der Waals surface area contributed by atoms with Crippen LogP contribution in [0, 0.1) is 0 Å². The molecule has 0 rings (SSSR count). The SMILES string of the molecule is CC/C=C\C/C=C\C/C=C\C/C=C\C/C=C\C/C=C\CCC(=O)OCC(COP(=O)(O)OCC(O)COP(=O)(O)OCC(COC(=O)CCCCCC/C=C\C/C=C\C/C=C\C/C=C\CC)OC(=O)CCCCCCC/C=C\C/C=C\C/C=C\CC)OC(=O)CCCCCCC/C=C\CCCCCC. The van der Waals surface area contributed by atoms with Crippen molar-refractivity contribution < 1.29 is 80.2 Å². The fourth-order valence-electron chi connectivity index (χ4n) is 9.77. The van der Waals surface area contributed by atoms with E-state index < -0.39 is 97.5 Å². The van der Waals surface area contributed by atoms with Crippen LogP contribution in [0.25, 0.3) is 0 Å². The molecule has 0 heterocycles. The number of unbranched alkanes of at least 4 members (excludes halogenated alkanes) is 18. The van der Waals surface area contributed by atoms with Gasteiger partial charge in [-0.15, -0.1) is 0 Å². The van der Waals surface area contributed by atoms with Crippen LogP contribution in [0.4, 0.5) is 0 Å². The van der Waals surface area contributed by atoms with E-state index in [2.05, 4.69) is 180 Å². The van der Waals surface area contributed by atoms with Gasteiger partial charge in [-0.05, 0) is 161 Å². The molecule has 0 aliphatic carbocycles. The Balaban J connectivity index is 5.47. The van der Waals surface area contributed by atoms with Gasteiger partial charge in [0.1, 0.15) is 19.3 Å². The lowest BCUT2D eigenvalue weighted by Gasteiger charge is -2.21. The number of carbonyl (C=O) groups excluding carboxylic acids is 4. The van der Waals surface area contributed by atoms with E-state index in [1.54, 1.807) is 0 Å². The Kier molecular flexibility index (Phi) is 71.6. The third kappa shape index (κ3) is 74.7. The second-order valence-electron chi connectivity index (χ2n) is 25.5. The maximum Gasteiger partial charge on any atom is 0.472 e. The van der Waals surface area contributed by atoms with Crippen molar-refractivity contribution in [1.82, 2.24) is 0 Å². The van der Waals surface area contributed by atoms with Gasteiger partial charge < -0.3 is 33.8 Å². The Hall–Kier alpha value is -5.58. The van der Waals surface area contributed by atoms with Gasteiger partial charge in [-0.2, -0.15) is 0 Å². The normalized spacial score (nSPS) is 14.8. The Labute approximate surface area is 629 Å². The van der Waals surface area contributed by atoms with Crippen LogP contribution >= 0.6 is 15.6 Å². The Morgan fingerprint density at radius 2 is 0.519 bits per heavy atom. The summed E-state index contributed by atoms with van der Waals surface area (Å²) in [6.45, 7) is 4.36. The molecule has 5 unspecified atom stereocenters. The molecule has 0 aromatic rings. The van der Waals surface area contributed by atoms with Crippen LogP contribution < -0.4 is 0 Å². The highest BCUT2D eigenvalue weighted by Gasteiger charge is 2.30. The molecule has 0 saturated heterocycles. The molecule has 0 aromatic heterocycles. The summed E-state index contributed by atoms with van der Waals surface area (Å²) in [5, 5.41) is 10.6. The number of carbonyl (C=O) groups is 4. The molecule has 0 aromatic carbocycles. The van der Waals surface area contributed by atoms with Crippen molar-refractivity contribution in [2.45, 2.75) is 303 Å². The van der Waals surface area contributed by atoms with Gasteiger partial charge in [0, 0.05) is 25.7 Å². The molecule has 0 saturated carbocycles. The molecule has 0 fully saturated rings. The molecular weight excluding hydrogens is 1350 g/mol. The first-order chi connectivity index (χ1) is 50.7. The number of aliphatic hydroxyl groups excluding tert-OH is 1. The highest BCUT2D eigenvalue weighted by Crippen LogP contribution is 2.45. The molecule has 17 nitrogen and oxygen atoms in total. The van der Waals surface area contributed by atoms with Gasteiger partial charge in [0.25, 0.3) is 0 Å². The monoisotopic (exact) mass is 1490 g/mol. The summed E-state index contributed by atoms with van der Waals surface area (Å²) in [5.74, 6) is -2.34. The molecule has 0 spiro atoms. The number of rotatable bonds is 72. The largest absolute Gasteiger partial charge is 0.472 e. The molecule has 590 valence electrons. The van der Waals surface area contributed by atoms with Gasteiger partial charge in [-0.25, -0.2) is 9.13 Å². The van der Waals surface area contributed by atoms with Crippen molar-refractivity contribution >= 4 is 39.5 Å². The second kappa shape index (κ2) is 75.6. The van der Waals surface area contributed by atoms with Crippen molar-refractivity contribution in [2.75, 3.05) is 39.6 Å². The maximum absolute atomic E-state index is 13.1. The van der Waals surface area contributed by atoms with Crippen LogP contribution in [-0.2, 0) is 65.4 Å². The summed E-state index contributed by atoms with van der Waals surface area (Å²) in [6.07, 6.45) is 89.2. The summed E-state index contributed by atoms with van der Waals surface area (Å²) in [4.78, 5) is 73.0. The van der Waals surface area contributed by atoms with Gasteiger partial charge in [0.2, 0.25) is 0 Å². The number of allylic oxidation sites excluding steroid dienone is 28. The highest BCUT2D eigenvalue weighted by atomic mass is 31.2. The molecule has 0 aliphatic rings. The fourth-order valence-corrected chi connectivity index (χ4v) is 11.4. The average molecular weight is 1490 g/mol. The molecule has 3 N–H and O–H groups in total. The molecule has 104 heavy (non-hydrogen) atoms. The third-order valence-corrected chi connectivity index (χ3v) is 17.6. The van der Waals surface area contributed by atoms with Crippen molar-refractivity contribution in [3.63, 3.8) is 0 Å². The van der Waals surface area contributed by atoms with Crippen molar-refractivity contribution in [1.29, 1.82) is 0 Å². The number of hydrogen-bond donors (Lipinski definition) is 3. The van der Waals surface area contributed by atoms with Gasteiger partial charge >= 0.3 is 39.5 Å². The van der Waals surface area contributed by atoms with Gasteiger partial charge in [0.15, 0.2) is 12.2 Å². The number of phosphoric ester groups is 2. The molecule has 0 amide bonds. The standard InChI is InChI=1S/C85H138O17P2/c1-5-9-13-17-21-25-29-33-36-38-39-41-44-47-50-54-58-62-66-70-83(88)95-75-80(101-84(89)71-67-63-59-55-51-45-32-28-24-20-16-12-8-4)77-99-103(91,92)97-73-79(86)74-98-104(93,94)100-78-81(102-85(90)72-68-64-60-56-52-48-42-35-31-27-23-19-15-11-7-3)76-96-82(87)69-65-61-57-53-49-46-43-40-37-34-30-26-22-18-14-10-6-2/h9-11,13-15,21-23,25-28,32-37,39,41-43,46-47,50,58,62,79-81,86H,5-8,12,16-20,24,29-31,38,40,44-45,48-49,51-57,59-61,63-78H2,1-4H3,(H,91,92)(H,93,94)/b13-9-,14-10-,15-11-,25-21-,26-22-,27-23-,32-28-,36-33-,37-34-,41-39-,42-35-,46-43-,50-47-,62-58-. The first kappa shape index (κ1) is 98.4. The van der Waals surface area contributed by atoms with E-state index in [-0.39, 0.29) is 25.7 Å². The van der Waals surface area contributed by atoms with E-state index in [1.807, 2.05) is 18.2 Å². The van der Waals surface area contributed by atoms with Gasteiger partial charge in [0.05, 0.1) is 26.4 Å². The molecule has 0 aliphatic heterocycles. The van der Waals surface area contributed by atoms with Crippen molar-refractivity contribution in [3.8, 4) is 0 Å². The summed E-state index contributed by atoms with van der Waals surface area (Å²) in [7, 11) is -10.0. The zero-order chi connectivity index (χ0) is 76.0. The van der Waals surface area contributed by atoms with E-state index in [0.717, 1.165) is 173 Å². The molecule has 5 atom stereocenters. The van der Waals surface area contributed by atoms with E-state index in [9.17, 15) is 43.2 Å². The zero-order valence-electron chi connectivity index (χ0n) is 64.4. The maximum atomic E-state index is 13.1. The van der Waals surface area contributed by atoms with E-state index in [1.165, 1.54) is 25.7 Å². The Morgan fingerprint density at radius 3 is 0.837 bits per heavy atom. The van der Waals surface area contributed by atoms with Crippen LogP contribution in [0.5, 0.6) is 0 Å².